The average Bonchev–Trinajstić information content (AvgIpc) is 2.60. The number of hydrogen-bond acceptors (Lipinski definition) is 2. The largest absolute Gasteiger partial charge is 0.317 e. The van der Waals surface area contributed by atoms with Gasteiger partial charge in [0.25, 0.3) is 0 Å². The average molecular weight is 206 g/mol. The van der Waals surface area contributed by atoms with E-state index < -0.39 is 0 Å². The van der Waals surface area contributed by atoms with Gasteiger partial charge in [-0.05, 0) is 37.6 Å². The molecule has 2 aliphatic rings. The molecule has 1 saturated heterocycles. The lowest BCUT2D eigenvalue weighted by atomic mass is 9.82. The Labute approximate surface area is 88.9 Å². The van der Waals surface area contributed by atoms with Crippen molar-refractivity contribution >= 4 is 0 Å². The summed E-state index contributed by atoms with van der Waals surface area (Å²) in [5.41, 5.74) is 1.97. The number of hydrogen-bond donors (Lipinski definition) is 2. The first-order valence-electron chi connectivity index (χ1n) is 5.55. The molecule has 1 fully saturated rings. The molecule has 1 aromatic rings. The molecule has 1 aromatic carbocycles. The highest BCUT2D eigenvalue weighted by Gasteiger charge is 2.41. The Morgan fingerprint density at radius 3 is 2.80 bits per heavy atom. The van der Waals surface area contributed by atoms with Crippen LogP contribution in [0.25, 0.3) is 0 Å². The molecule has 0 atom stereocenters. The lowest BCUT2D eigenvalue weighted by Gasteiger charge is -2.35. The maximum atomic E-state index is 13.9. The Balaban J connectivity index is 2.09. The number of rotatable bonds is 0. The van der Waals surface area contributed by atoms with Gasteiger partial charge in [-0.25, -0.2) is 4.39 Å². The van der Waals surface area contributed by atoms with Crippen LogP contribution < -0.4 is 10.6 Å². The molecule has 0 radical (unpaired) electrons. The first-order valence-corrected chi connectivity index (χ1v) is 5.55. The number of fused-ring (bicyclic) bond motifs is 2. The molecule has 2 nitrogen and oxygen atoms in total. The van der Waals surface area contributed by atoms with E-state index in [0.29, 0.717) is 0 Å². The van der Waals surface area contributed by atoms with Crippen molar-refractivity contribution in [2.75, 3.05) is 13.1 Å². The summed E-state index contributed by atoms with van der Waals surface area (Å²) in [5, 5.41) is 6.82. The summed E-state index contributed by atoms with van der Waals surface area (Å²) in [6.07, 6.45) is 1.97. The standard InChI is InChI=1S/C12H15FN2/c13-10-3-1-2-9-8-15-12(11(9)10)4-6-14-7-5-12/h1-3,14-15H,4-8H2. The molecule has 1 spiro atoms. The number of halogens is 1. The molecule has 2 heterocycles. The van der Waals surface area contributed by atoms with E-state index in [1.165, 1.54) is 0 Å². The summed E-state index contributed by atoms with van der Waals surface area (Å²) in [5.74, 6) is -0.0422. The summed E-state index contributed by atoms with van der Waals surface area (Å²) < 4.78 is 13.9. The van der Waals surface area contributed by atoms with Gasteiger partial charge in [0.05, 0.1) is 0 Å². The highest BCUT2D eigenvalue weighted by Crippen LogP contribution is 2.39. The fraction of sp³-hybridized carbons (Fsp3) is 0.500. The minimum Gasteiger partial charge on any atom is -0.317 e. The molecule has 0 aromatic heterocycles. The van der Waals surface area contributed by atoms with Gasteiger partial charge in [-0.15, -0.1) is 0 Å². The minimum atomic E-state index is -0.0913. The number of nitrogens with one attached hydrogen (secondary N) is 2. The maximum absolute atomic E-state index is 13.9. The van der Waals surface area contributed by atoms with Crippen LogP contribution in [0.4, 0.5) is 4.39 Å². The maximum Gasteiger partial charge on any atom is 0.128 e. The van der Waals surface area contributed by atoms with E-state index in [-0.39, 0.29) is 11.4 Å². The van der Waals surface area contributed by atoms with Crippen LogP contribution in [0.5, 0.6) is 0 Å². The van der Waals surface area contributed by atoms with E-state index >= 15 is 0 Å². The summed E-state index contributed by atoms with van der Waals surface area (Å²) in [6, 6.07) is 5.41. The first-order chi connectivity index (χ1) is 7.32. The summed E-state index contributed by atoms with van der Waals surface area (Å²) in [7, 11) is 0. The second-order valence-corrected chi connectivity index (χ2v) is 4.46. The van der Waals surface area contributed by atoms with Crippen molar-refractivity contribution < 1.29 is 4.39 Å². The van der Waals surface area contributed by atoms with Gasteiger partial charge < -0.3 is 10.6 Å². The fourth-order valence-electron chi connectivity index (χ4n) is 2.89. The molecule has 0 amide bonds. The molecular formula is C12H15FN2. The van der Waals surface area contributed by atoms with Gasteiger partial charge in [0.15, 0.2) is 0 Å². The monoisotopic (exact) mass is 206 g/mol. The third-order valence-electron chi connectivity index (χ3n) is 3.65. The van der Waals surface area contributed by atoms with Crippen LogP contribution in [0.15, 0.2) is 18.2 Å². The van der Waals surface area contributed by atoms with Crippen LogP contribution >= 0.6 is 0 Å². The summed E-state index contributed by atoms with van der Waals surface area (Å²) >= 11 is 0. The van der Waals surface area contributed by atoms with Crippen LogP contribution in [0.3, 0.4) is 0 Å². The van der Waals surface area contributed by atoms with Gasteiger partial charge in [-0.3, -0.25) is 0 Å². The Bertz CT molecular complexity index is 378. The highest BCUT2D eigenvalue weighted by molar-refractivity contribution is 5.39. The van der Waals surface area contributed by atoms with Crippen molar-refractivity contribution in [3.05, 3.63) is 35.1 Å². The molecule has 2 aliphatic heterocycles. The summed E-state index contributed by atoms with van der Waals surface area (Å²) in [6.45, 7) is 2.76. The predicted molar refractivity (Wildman–Crippen MR) is 57.0 cm³/mol. The SMILES string of the molecule is Fc1cccc2c1C1(CCNCC1)NC2. The Kier molecular flexibility index (Phi) is 2.04. The molecule has 0 aliphatic carbocycles. The van der Waals surface area contributed by atoms with E-state index in [9.17, 15) is 4.39 Å². The first kappa shape index (κ1) is 9.31. The second-order valence-electron chi connectivity index (χ2n) is 4.46. The Morgan fingerprint density at radius 1 is 1.20 bits per heavy atom. The van der Waals surface area contributed by atoms with Crippen molar-refractivity contribution in [1.82, 2.24) is 10.6 Å². The van der Waals surface area contributed by atoms with Crippen molar-refractivity contribution in [2.24, 2.45) is 0 Å². The smallest absolute Gasteiger partial charge is 0.128 e. The second kappa shape index (κ2) is 3.29. The topological polar surface area (TPSA) is 24.1 Å². The quantitative estimate of drug-likeness (QED) is 0.672. The van der Waals surface area contributed by atoms with E-state index in [1.54, 1.807) is 12.1 Å². The molecular weight excluding hydrogens is 191 g/mol. The molecule has 0 saturated carbocycles. The van der Waals surface area contributed by atoms with Crippen molar-refractivity contribution in [3.8, 4) is 0 Å². The molecule has 3 heteroatoms. The van der Waals surface area contributed by atoms with Gasteiger partial charge in [-0.1, -0.05) is 12.1 Å². The van der Waals surface area contributed by atoms with Crippen molar-refractivity contribution in [3.63, 3.8) is 0 Å². The zero-order valence-corrected chi connectivity index (χ0v) is 8.65. The van der Waals surface area contributed by atoms with Crippen LogP contribution in [0.1, 0.15) is 24.0 Å². The van der Waals surface area contributed by atoms with Gasteiger partial charge in [0, 0.05) is 17.6 Å². The molecule has 15 heavy (non-hydrogen) atoms. The fourth-order valence-corrected chi connectivity index (χ4v) is 2.89. The van der Waals surface area contributed by atoms with Crippen molar-refractivity contribution in [2.45, 2.75) is 24.9 Å². The van der Waals surface area contributed by atoms with Crippen molar-refractivity contribution in [1.29, 1.82) is 0 Å². The predicted octanol–water partition coefficient (Wildman–Crippen LogP) is 1.51. The highest BCUT2D eigenvalue weighted by atomic mass is 19.1. The van der Waals surface area contributed by atoms with E-state index in [4.69, 9.17) is 0 Å². The number of benzene rings is 1. The lowest BCUT2D eigenvalue weighted by Crippen LogP contribution is -2.46. The Hall–Kier alpha value is -0.930. The van der Waals surface area contributed by atoms with Gasteiger partial charge >= 0.3 is 0 Å². The third kappa shape index (κ3) is 1.30. The van der Waals surface area contributed by atoms with Crippen LogP contribution in [0.2, 0.25) is 0 Å². The minimum absolute atomic E-state index is 0.0422. The number of piperidine rings is 1. The zero-order valence-electron chi connectivity index (χ0n) is 8.65. The van der Waals surface area contributed by atoms with Crippen LogP contribution in [-0.2, 0) is 12.1 Å². The molecule has 0 unspecified atom stereocenters. The lowest BCUT2D eigenvalue weighted by molar-refractivity contribution is 0.259. The zero-order chi connectivity index (χ0) is 10.3. The van der Waals surface area contributed by atoms with E-state index in [0.717, 1.165) is 43.6 Å². The summed E-state index contributed by atoms with van der Waals surface area (Å²) in [4.78, 5) is 0. The third-order valence-corrected chi connectivity index (χ3v) is 3.65. The van der Waals surface area contributed by atoms with Crippen LogP contribution in [0, 0.1) is 5.82 Å². The molecule has 2 N–H and O–H groups in total. The van der Waals surface area contributed by atoms with Gasteiger partial charge in [-0.2, -0.15) is 0 Å². The van der Waals surface area contributed by atoms with Gasteiger partial charge in [0.2, 0.25) is 0 Å². The van der Waals surface area contributed by atoms with E-state index in [1.807, 2.05) is 6.07 Å². The van der Waals surface area contributed by atoms with Gasteiger partial charge in [0.1, 0.15) is 5.82 Å². The van der Waals surface area contributed by atoms with E-state index in [2.05, 4.69) is 10.6 Å². The molecule has 80 valence electrons. The van der Waals surface area contributed by atoms with Crippen LogP contribution in [-0.4, -0.2) is 13.1 Å². The normalized spacial score (nSPS) is 23.0. The molecule has 0 bridgehead atoms. The molecule has 3 rings (SSSR count). The Morgan fingerprint density at radius 2 is 2.00 bits per heavy atom.